The zero-order chi connectivity index (χ0) is 24.6. The Labute approximate surface area is 219 Å². The third-order valence-electron chi connectivity index (χ3n) is 5.31. The minimum absolute atomic E-state index is 0.192. The van der Waals surface area contributed by atoms with Crippen molar-refractivity contribution >= 4 is 56.3 Å². The van der Waals surface area contributed by atoms with Gasteiger partial charge in [-0.3, -0.25) is 13.3 Å². The fraction of sp³-hybridized carbons (Fsp3) is 0.160. The first kappa shape index (κ1) is 25.2. The third kappa shape index (κ3) is 6.40. The predicted octanol–water partition coefficient (Wildman–Crippen LogP) is 4.93. The quantitative estimate of drug-likeness (QED) is 0.216. The van der Waals surface area contributed by atoms with E-state index in [4.69, 9.17) is 0 Å². The molecule has 0 fully saturated rings. The van der Waals surface area contributed by atoms with E-state index in [9.17, 15) is 13.6 Å². The summed E-state index contributed by atoms with van der Waals surface area (Å²) in [6.07, 6.45) is 1.08. The third-order valence-corrected chi connectivity index (χ3v) is 7.19. The highest BCUT2D eigenvalue weighted by Crippen LogP contribution is 2.33. The Morgan fingerprint density at radius 3 is 2.31 bits per heavy atom. The molecule has 0 aliphatic heterocycles. The molecule has 0 saturated heterocycles. The zero-order valence-corrected chi connectivity index (χ0v) is 21.8. The van der Waals surface area contributed by atoms with Crippen LogP contribution in [-0.2, 0) is 29.4 Å². The summed E-state index contributed by atoms with van der Waals surface area (Å²) in [6.45, 7) is 0.417. The van der Waals surface area contributed by atoms with Crippen molar-refractivity contribution in [1.29, 1.82) is 0 Å². The average molecular weight is 571 g/mol. The van der Waals surface area contributed by atoms with Gasteiger partial charge in [-0.2, -0.15) is 8.75 Å². The van der Waals surface area contributed by atoms with Crippen molar-refractivity contribution in [1.82, 2.24) is 14.1 Å². The molecule has 1 heterocycles. The summed E-state index contributed by atoms with van der Waals surface area (Å²) in [7, 11) is 0. The lowest BCUT2D eigenvalue weighted by atomic mass is 10.1. The second kappa shape index (κ2) is 12.2. The number of anilines is 2. The van der Waals surface area contributed by atoms with Crippen LogP contribution in [0, 0.1) is 0 Å². The summed E-state index contributed by atoms with van der Waals surface area (Å²) in [5, 5.41) is 3.41. The van der Waals surface area contributed by atoms with Crippen molar-refractivity contribution in [3.63, 3.8) is 0 Å². The first-order chi connectivity index (χ1) is 17.1. The van der Waals surface area contributed by atoms with E-state index in [1.165, 1.54) is 0 Å². The molecular formula is C25H22BrN4O3S2-. The standard InChI is InChI=1S/C25H23BrN4O3S2/c26-17-20-11-12-21(25(31)27-14-13-18-7-3-1-4-8-18)23(16-20)30(35(32)33)24-22(28-34-29-24)15-19-9-5-2-6-10-19/h1-12,16H,13-15,17H2,(H,27,31)(H,32,33)/p-1. The van der Waals surface area contributed by atoms with Crippen molar-refractivity contribution in [2.24, 2.45) is 0 Å². The molecule has 0 spiro atoms. The van der Waals surface area contributed by atoms with Crippen molar-refractivity contribution in [2.75, 3.05) is 10.8 Å². The fourth-order valence-corrected chi connectivity index (χ4v) is 5.15. The zero-order valence-electron chi connectivity index (χ0n) is 18.6. The maximum atomic E-state index is 13.1. The van der Waals surface area contributed by atoms with Gasteiger partial charge in [0.15, 0.2) is 5.82 Å². The molecule has 3 aromatic carbocycles. The van der Waals surface area contributed by atoms with Crippen molar-refractivity contribution < 1.29 is 13.6 Å². The lowest BCUT2D eigenvalue weighted by Gasteiger charge is -2.27. The number of amides is 1. The van der Waals surface area contributed by atoms with Gasteiger partial charge in [0.1, 0.15) is 5.69 Å². The van der Waals surface area contributed by atoms with E-state index in [-0.39, 0.29) is 23.0 Å². The molecule has 1 unspecified atom stereocenters. The monoisotopic (exact) mass is 569 g/mol. The molecule has 4 aromatic rings. The van der Waals surface area contributed by atoms with Gasteiger partial charge in [0.2, 0.25) is 0 Å². The highest BCUT2D eigenvalue weighted by molar-refractivity contribution is 9.08. The smallest absolute Gasteiger partial charge is 0.253 e. The number of nitrogens with zero attached hydrogens (tertiary/aromatic N) is 3. The Kier molecular flexibility index (Phi) is 8.75. The summed E-state index contributed by atoms with van der Waals surface area (Å²) >= 11 is 1.62. The Balaban J connectivity index is 1.64. The summed E-state index contributed by atoms with van der Waals surface area (Å²) in [6, 6.07) is 24.6. The van der Waals surface area contributed by atoms with Gasteiger partial charge in [0.25, 0.3) is 5.91 Å². The van der Waals surface area contributed by atoms with Crippen molar-refractivity contribution in [2.45, 2.75) is 18.2 Å². The van der Waals surface area contributed by atoms with Crippen LogP contribution in [0.3, 0.4) is 0 Å². The van der Waals surface area contributed by atoms with E-state index < -0.39 is 11.3 Å². The van der Waals surface area contributed by atoms with E-state index in [1.807, 2.05) is 60.7 Å². The van der Waals surface area contributed by atoms with Crippen LogP contribution in [0.2, 0.25) is 0 Å². The average Bonchev–Trinajstić information content (AvgIpc) is 3.32. The Morgan fingerprint density at radius 2 is 1.66 bits per heavy atom. The second-order valence-electron chi connectivity index (χ2n) is 7.69. The highest BCUT2D eigenvalue weighted by atomic mass is 79.9. The fourth-order valence-electron chi connectivity index (χ4n) is 3.60. The van der Waals surface area contributed by atoms with E-state index in [2.05, 4.69) is 30.0 Å². The van der Waals surface area contributed by atoms with Gasteiger partial charge in [-0.1, -0.05) is 82.7 Å². The highest BCUT2D eigenvalue weighted by Gasteiger charge is 2.24. The van der Waals surface area contributed by atoms with Gasteiger partial charge in [0.05, 0.1) is 34.2 Å². The first-order valence-corrected chi connectivity index (χ1v) is 13.7. The molecule has 1 aromatic heterocycles. The van der Waals surface area contributed by atoms with Crippen molar-refractivity contribution in [3.8, 4) is 0 Å². The van der Waals surface area contributed by atoms with E-state index in [1.54, 1.807) is 18.2 Å². The van der Waals surface area contributed by atoms with Gasteiger partial charge in [-0.05, 0) is 35.2 Å². The van der Waals surface area contributed by atoms with Crippen LogP contribution < -0.4 is 9.62 Å². The number of aromatic nitrogens is 2. The first-order valence-electron chi connectivity index (χ1n) is 10.8. The molecule has 0 bridgehead atoms. The minimum Gasteiger partial charge on any atom is -0.755 e. The molecule has 4 rings (SSSR count). The molecule has 10 heteroatoms. The number of nitrogens with one attached hydrogen (secondary N) is 1. The number of halogens is 1. The van der Waals surface area contributed by atoms with Crippen LogP contribution in [0.15, 0.2) is 78.9 Å². The minimum atomic E-state index is -2.73. The topological polar surface area (TPSA) is 98.2 Å². The number of alkyl halides is 1. The Morgan fingerprint density at radius 1 is 0.971 bits per heavy atom. The number of benzene rings is 3. The Bertz CT molecular complexity index is 1300. The Hall–Kier alpha value is -2.92. The van der Waals surface area contributed by atoms with Crippen LogP contribution in [0.4, 0.5) is 11.5 Å². The number of hydrogen-bond acceptors (Lipinski definition) is 6. The molecule has 0 aliphatic carbocycles. The van der Waals surface area contributed by atoms with Crippen LogP contribution in [-0.4, -0.2) is 30.0 Å². The lowest BCUT2D eigenvalue weighted by molar-refractivity contribution is 0.0955. The molecule has 7 nitrogen and oxygen atoms in total. The van der Waals surface area contributed by atoms with Crippen LogP contribution in [0.1, 0.15) is 32.7 Å². The van der Waals surface area contributed by atoms with Gasteiger partial charge in [-0.25, -0.2) is 0 Å². The number of carbonyl (C=O) groups excluding carboxylic acids is 1. The van der Waals surface area contributed by atoms with E-state index >= 15 is 0 Å². The molecule has 1 N–H and O–H groups in total. The number of carbonyl (C=O) groups is 1. The normalized spacial score (nSPS) is 11.7. The molecule has 0 saturated carbocycles. The van der Waals surface area contributed by atoms with Gasteiger partial charge in [0, 0.05) is 18.3 Å². The largest absolute Gasteiger partial charge is 0.755 e. The predicted molar refractivity (Wildman–Crippen MR) is 142 cm³/mol. The maximum Gasteiger partial charge on any atom is 0.253 e. The molecule has 0 aliphatic rings. The van der Waals surface area contributed by atoms with Crippen LogP contribution in [0.25, 0.3) is 0 Å². The van der Waals surface area contributed by atoms with E-state index in [0.717, 1.165) is 32.7 Å². The summed E-state index contributed by atoms with van der Waals surface area (Å²) in [5.41, 5.74) is 3.89. The SMILES string of the molecule is O=C(NCCc1ccccc1)c1ccc(CBr)cc1N(c1nsnc1Cc1ccccc1)S(=O)[O-]. The van der Waals surface area contributed by atoms with Crippen LogP contribution in [0.5, 0.6) is 0 Å². The van der Waals surface area contributed by atoms with Gasteiger partial charge in [-0.15, -0.1) is 0 Å². The molecule has 180 valence electrons. The van der Waals surface area contributed by atoms with E-state index in [0.29, 0.717) is 30.4 Å². The summed E-state index contributed by atoms with van der Waals surface area (Å²) < 4.78 is 34.7. The lowest BCUT2D eigenvalue weighted by Crippen LogP contribution is -2.29. The number of rotatable bonds is 10. The summed E-state index contributed by atoms with van der Waals surface area (Å²) in [5.74, 6) is -0.169. The van der Waals surface area contributed by atoms with Gasteiger partial charge >= 0.3 is 0 Å². The molecule has 1 amide bonds. The van der Waals surface area contributed by atoms with Crippen LogP contribution >= 0.6 is 27.7 Å². The van der Waals surface area contributed by atoms with Gasteiger partial charge < -0.3 is 9.87 Å². The number of hydrogen-bond donors (Lipinski definition) is 1. The maximum absolute atomic E-state index is 13.1. The van der Waals surface area contributed by atoms with Crippen molar-refractivity contribution in [3.05, 3.63) is 107 Å². The second-order valence-corrected chi connectivity index (χ2v) is 9.57. The molecule has 0 radical (unpaired) electrons. The molecular weight excluding hydrogens is 548 g/mol. The molecule has 35 heavy (non-hydrogen) atoms. The summed E-state index contributed by atoms with van der Waals surface area (Å²) in [4.78, 5) is 13.1. The molecule has 1 atom stereocenters.